The molecular formula is C10H23N3. The molecule has 0 atom stereocenters. The van der Waals surface area contributed by atoms with Crippen molar-refractivity contribution in [2.75, 3.05) is 52.9 Å². The Hall–Kier alpha value is -0.120. The van der Waals surface area contributed by atoms with E-state index in [-0.39, 0.29) is 0 Å². The van der Waals surface area contributed by atoms with Gasteiger partial charge in [-0.05, 0) is 33.1 Å². The summed E-state index contributed by atoms with van der Waals surface area (Å²) < 4.78 is 0. The minimum Gasteiger partial charge on any atom is -0.317 e. The highest BCUT2D eigenvalue weighted by Gasteiger charge is 2.12. The van der Waals surface area contributed by atoms with Crippen molar-refractivity contribution in [3.8, 4) is 0 Å². The molecule has 0 aromatic rings. The van der Waals surface area contributed by atoms with Crippen molar-refractivity contribution in [1.29, 1.82) is 0 Å². The highest BCUT2D eigenvalue weighted by Crippen LogP contribution is 1.99. The predicted octanol–water partition coefficient (Wildman–Crippen LogP) is 0.233. The summed E-state index contributed by atoms with van der Waals surface area (Å²) in [5, 5.41) is 3.36. The van der Waals surface area contributed by atoms with E-state index in [0.717, 1.165) is 6.54 Å². The molecule has 0 radical (unpaired) electrons. The van der Waals surface area contributed by atoms with Crippen molar-refractivity contribution >= 4 is 0 Å². The van der Waals surface area contributed by atoms with E-state index in [1.807, 2.05) is 0 Å². The van der Waals surface area contributed by atoms with Crippen molar-refractivity contribution in [2.45, 2.75) is 13.3 Å². The van der Waals surface area contributed by atoms with Gasteiger partial charge in [0.15, 0.2) is 0 Å². The zero-order valence-corrected chi connectivity index (χ0v) is 9.05. The minimum absolute atomic E-state index is 1.10. The zero-order chi connectivity index (χ0) is 9.52. The summed E-state index contributed by atoms with van der Waals surface area (Å²) in [5.41, 5.74) is 0. The van der Waals surface area contributed by atoms with Crippen LogP contribution in [-0.4, -0.2) is 62.7 Å². The third-order valence-corrected chi connectivity index (χ3v) is 2.67. The molecule has 13 heavy (non-hydrogen) atoms. The number of hydrogen-bond acceptors (Lipinski definition) is 3. The molecule has 3 heteroatoms. The van der Waals surface area contributed by atoms with E-state index in [2.05, 4.69) is 29.1 Å². The lowest BCUT2D eigenvalue weighted by Crippen LogP contribution is -2.45. The Kier molecular flexibility index (Phi) is 5.35. The molecule has 0 aromatic carbocycles. The monoisotopic (exact) mass is 185 g/mol. The zero-order valence-electron chi connectivity index (χ0n) is 9.05. The van der Waals surface area contributed by atoms with Gasteiger partial charge in [0.25, 0.3) is 0 Å². The number of nitrogens with zero attached hydrogens (tertiary/aromatic N) is 2. The van der Waals surface area contributed by atoms with Crippen LogP contribution in [0.2, 0.25) is 0 Å². The normalized spacial score (nSPS) is 20.8. The Balaban J connectivity index is 1.96. The van der Waals surface area contributed by atoms with E-state index in [1.54, 1.807) is 0 Å². The van der Waals surface area contributed by atoms with Crippen LogP contribution in [0.5, 0.6) is 0 Å². The van der Waals surface area contributed by atoms with Crippen LogP contribution < -0.4 is 5.32 Å². The maximum atomic E-state index is 3.36. The van der Waals surface area contributed by atoms with Crippen LogP contribution >= 0.6 is 0 Å². The SMILES string of the molecule is CCNCCCN1CCN(C)CC1. The second-order valence-electron chi connectivity index (χ2n) is 3.85. The first-order chi connectivity index (χ1) is 6.33. The van der Waals surface area contributed by atoms with Crippen molar-refractivity contribution in [2.24, 2.45) is 0 Å². The van der Waals surface area contributed by atoms with Crippen molar-refractivity contribution in [3.05, 3.63) is 0 Å². The molecule has 1 aliphatic rings. The van der Waals surface area contributed by atoms with Gasteiger partial charge in [0.2, 0.25) is 0 Å². The van der Waals surface area contributed by atoms with Gasteiger partial charge in [0, 0.05) is 26.2 Å². The van der Waals surface area contributed by atoms with Crippen molar-refractivity contribution in [3.63, 3.8) is 0 Å². The number of hydrogen-bond donors (Lipinski definition) is 1. The van der Waals surface area contributed by atoms with Gasteiger partial charge in [-0.25, -0.2) is 0 Å². The van der Waals surface area contributed by atoms with E-state index >= 15 is 0 Å². The quantitative estimate of drug-likeness (QED) is 0.619. The summed E-state index contributed by atoms with van der Waals surface area (Å²) in [6, 6.07) is 0. The summed E-state index contributed by atoms with van der Waals surface area (Å²) in [5.74, 6) is 0. The molecule has 0 bridgehead atoms. The average molecular weight is 185 g/mol. The number of nitrogens with one attached hydrogen (secondary N) is 1. The Morgan fingerprint density at radius 3 is 2.46 bits per heavy atom. The van der Waals surface area contributed by atoms with E-state index in [9.17, 15) is 0 Å². The second kappa shape index (κ2) is 6.35. The summed E-state index contributed by atoms with van der Waals surface area (Å²) in [6.07, 6.45) is 1.29. The molecule has 1 aliphatic heterocycles. The van der Waals surface area contributed by atoms with E-state index in [0.29, 0.717) is 0 Å². The third kappa shape index (κ3) is 4.60. The van der Waals surface area contributed by atoms with Crippen LogP contribution in [0.4, 0.5) is 0 Å². The first-order valence-electron chi connectivity index (χ1n) is 5.44. The molecular weight excluding hydrogens is 162 g/mol. The van der Waals surface area contributed by atoms with Crippen LogP contribution in [0.25, 0.3) is 0 Å². The lowest BCUT2D eigenvalue weighted by Gasteiger charge is -2.32. The summed E-state index contributed by atoms with van der Waals surface area (Å²) in [4.78, 5) is 4.97. The fourth-order valence-electron chi connectivity index (χ4n) is 1.68. The van der Waals surface area contributed by atoms with Crippen molar-refractivity contribution in [1.82, 2.24) is 15.1 Å². The molecule has 0 unspecified atom stereocenters. The maximum absolute atomic E-state index is 3.36. The van der Waals surface area contributed by atoms with Gasteiger partial charge >= 0.3 is 0 Å². The largest absolute Gasteiger partial charge is 0.317 e. The first kappa shape index (κ1) is 11.0. The third-order valence-electron chi connectivity index (χ3n) is 2.67. The molecule has 0 aliphatic carbocycles. The smallest absolute Gasteiger partial charge is 0.0110 e. The van der Waals surface area contributed by atoms with Gasteiger partial charge in [0.05, 0.1) is 0 Å². The molecule has 0 saturated carbocycles. The number of piperazine rings is 1. The van der Waals surface area contributed by atoms with E-state index < -0.39 is 0 Å². The predicted molar refractivity (Wildman–Crippen MR) is 57.1 cm³/mol. The molecule has 0 amide bonds. The molecule has 78 valence electrons. The van der Waals surface area contributed by atoms with Gasteiger partial charge in [-0.15, -0.1) is 0 Å². The summed E-state index contributed by atoms with van der Waals surface area (Å²) in [6.45, 7) is 10.7. The Morgan fingerprint density at radius 2 is 1.85 bits per heavy atom. The standard InChI is InChI=1S/C10H23N3/c1-3-11-5-4-6-13-9-7-12(2)8-10-13/h11H,3-10H2,1-2H3. The van der Waals surface area contributed by atoms with Gasteiger partial charge < -0.3 is 15.1 Å². The van der Waals surface area contributed by atoms with E-state index in [4.69, 9.17) is 0 Å². The van der Waals surface area contributed by atoms with Crippen LogP contribution in [-0.2, 0) is 0 Å². The molecule has 1 N–H and O–H groups in total. The molecule has 3 nitrogen and oxygen atoms in total. The molecule has 0 aromatic heterocycles. The van der Waals surface area contributed by atoms with Gasteiger partial charge in [-0.1, -0.05) is 6.92 Å². The average Bonchev–Trinajstić information content (AvgIpc) is 2.15. The molecule has 0 spiro atoms. The lowest BCUT2D eigenvalue weighted by atomic mass is 10.3. The lowest BCUT2D eigenvalue weighted by molar-refractivity contribution is 0.153. The minimum atomic E-state index is 1.10. The van der Waals surface area contributed by atoms with Crippen molar-refractivity contribution < 1.29 is 0 Å². The molecule has 1 fully saturated rings. The van der Waals surface area contributed by atoms with Crippen LogP contribution in [0.1, 0.15) is 13.3 Å². The second-order valence-corrected chi connectivity index (χ2v) is 3.85. The van der Waals surface area contributed by atoms with Gasteiger partial charge in [0.1, 0.15) is 0 Å². The summed E-state index contributed by atoms with van der Waals surface area (Å²) >= 11 is 0. The maximum Gasteiger partial charge on any atom is 0.0110 e. The Bertz CT molecular complexity index is 119. The molecule has 1 heterocycles. The summed E-state index contributed by atoms with van der Waals surface area (Å²) in [7, 11) is 2.20. The van der Waals surface area contributed by atoms with Crippen LogP contribution in [0, 0.1) is 0 Å². The van der Waals surface area contributed by atoms with Gasteiger partial charge in [-0.2, -0.15) is 0 Å². The fourth-order valence-corrected chi connectivity index (χ4v) is 1.68. The van der Waals surface area contributed by atoms with Crippen LogP contribution in [0.3, 0.4) is 0 Å². The topological polar surface area (TPSA) is 18.5 Å². The highest BCUT2D eigenvalue weighted by molar-refractivity contribution is 4.69. The fraction of sp³-hybridized carbons (Fsp3) is 1.00. The van der Waals surface area contributed by atoms with Crippen LogP contribution in [0.15, 0.2) is 0 Å². The highest BCUT2D eigenvalue weighted by atomic mass is 15.2. The Labute approximate surface area is 82.1 Å². The molecule has 1 rings (SSSR count). The molecule has 1 saturated heterocycles. The number of rotatable bonds is 5. The number of likely N-dealkylation sites (N-methyl/N-ethyl adjacent to an activating group) is 1. The first-order valence-corrected chi connectivity index (χ1v) is 5.44. The van der Waals surface area contributed by atoms with E-state index in [1.165, 1.54) is 45.7 Å². The van der Waals surface area contributed by atoms with Gasteiger partial charge in [-0.3, -0.25) is 0 Å². The Morgan fingerprint density at radius 1 is 1.15 bits per heavy atom.